The summed E-state index contributed by atoms with van der Waals surface area (Å²) in [4.78, 5) is 68.6. The summed E-state index contributed by atoms with van der Waals surface area (Å²) in [5, 5.41) is 30.6. The first-order valence-electron chi connectivity index (χ1n) is 24.6. The quantitative estimate of drug-likeness (QED) is 0.0501. The van der Waals surface area contributed by atoms with Gasteiger partial charge in [-0.2, -0.15) is 20.1 Å². The molecule has 1 N–H and O–H groups in total. The van der Waals surface area contributed by atoms with E-state index < -0.39 is 12.1 Å². The van der Waals surface area contributed by atoms with Crippen LogP contribution in [0.15, 0.2) is 108 Å². The number of hydrogen-bond donors (Lipinski definition) is 1. The standard InChI is InChI=1S/C55H53N11O10/c1-33-15-19-65(49(68)14-18-56)29-44(33)63(4)51-39-17-21-66(52(39)58-31-57-51)54(70)61(2)22-23-62(3)55(71)73-30-34-6-9-37(10-7-34)59-60-38-11-12-45(67)41(26-38)53(69)76-50-42-28-64-20-16-36-25-47-48(75-32-74-47)27-40(36)43(64)24-35(42)8-13-46(50)72-5/h6-13,17,21,24-28,31,33,44H,14-16,19-20,22-23,29-30,32H2,1-5H3/p+1/t33-,44+/m0/s1. The summed E-state index contributed by atoms with van der Waals surface area (Å²) in [6.07, 6.45) is 5.79. The minimum absolute atomic E-state index is 0.0258. The van der Waals surface area contributed by atoms with E-state index in [4.69, 9.17) is 28.9 Å². The van der Waals surface area contributed by atoms with Crippen LogP contribution in [0.3, 0.4) is 0 Å². The van der Waals surface area contributed by atoms with Gasteiger partial charge in [-0.1, -0.05) is 19.1 Å². The third-order valence-corrected chi connectivity index (χ3v) is 14.2. The molecule has 3 aromatic heterocycles. The van der Waals surface area contributed by atoms with Crippen molar-refractivity contribution in [1.29, 1.82) is 5.26 Å². The zero-order chi connectivity index (χ0) is 53.2. The zero-order valence-corrected chi connectivity index (χ0v) is 42.5. The number of anilines is 1. The van der Waals surface area contributed by atoms with E-state index in [2.05, 4.69) is 31.7 Å². The van der Waals surface area contributed by atoms with E-state index in [0.717, 1.165) is 40.8 Å². The highest BCUT2D eigenvalue weighted by atomic mass is 16.7. The van der Waals surface area contributed by atoms with Crippen LogP contribution >= 0.6 is 0 Å². The maximum Gasteiger partial charge on any atom is 0.409 e. The largest absolute Gasteiger partial charge is 0.507 e. The van der Waals surface area contributed by atoms with Crippen molar-refractivity contribution in [2.75, 3.05) is 66.1 Å². The number of carbonyl (C=O) groups is 4. The molecule has 10 rings (SSSR count). The summed E-state index contributed by atoms with van der Waals surface area (Å²) in [5.74, 6) is 1.53. The molecule has 3 aliphatic heterocycles. The first-order valence-corrected chi connectivity index (χ1v) is 24.6. The number of hydrogen-bond acceptors (Lipinski definition) is 16. The van der Waals surface area contributed by atoms with Crippen molar-refractivity contribution in [3.8, 4) is 46.1 Å². The molecule has 76 heavy (non-hydrogen) atoms. The Hall–Kier alpha value is -9.32. The second-order valence-corrected chi connectivity index (χ2v) is 18.9. The number of methoxy groups -OCH3 is 1. The van der Waals surface area contributed by atoms with Gasteiger partial charge >= 0.3 is 18.1 Å². The smallest absolute Gasteiger partial charge is 0.409 e. The first kappa shape index (κ1) is 50.2. The van der Waals surface area contributed by atoms with Crippen molar-refractivity contribution in [2.24, 2.45) is 16.1 Å². The molecule has 388 valence electrons. The normalized spacial score (nSPS) is 15.4. The number of phenols is 1. The van der Waals surface area contributed by atoms with Crippen molar-refractivity contribution in [3.05, 3.63) is 114 Å². The Morgan fingerprint density at radius 3 is 2.47 bits per heavy atom. The number of likely N-dealkylation sites (N-methyl/N-ethyl adjacent to an activating group) is 3. The van der Waals surface area contributed by atoms with E-state index in [1.807, 2.05) is 48.5 Å². The molecule has 0 spiro atoms. The zero-order valence-electron chi connectivity index (χ0n) is 42.5. The van der Waals surface area contributed by atoms with Gasteiger partial charge in [-0.05, 0) is 89.5 Å². The van der Waals surface area contributed by atoms with Gasteiger partial charge in [0.15, 0.2) is 41.4 Å². The number of pyridine rings is 1. The van der Waals surface area contributed by atoms with Gasteiger partial charge in [-0.25, -0.2) is 24.4 Å². The highest BCUT2D eigenvalue weighted by Crippen LogP contribution is 2.42. The SMILES string of the molecule is COc1ccc2cc3[n+](cc2c1OC(=O)c1cc(N=Nc2ccc(COC(=O)N(C)CCN(C)C(=O)n4ccc5c(N(C)[C@@H]6CN(C(=O)CC#N)CC[C@@H]6C)ncnc54)cc2)ccc1O)CCc1cc2c(cc1-3)OCO2. The molecule has 0 unspecified atom stereocenters. The van der Waals surface area contributed by atoms with Gasteiger partial charge in [0.1, 0.15) is 36.5 Å². The number of rotatable bonds is 13. The first-order chi connectivity index (χ1) is 36.8. The van der Waals surface area contributed by atoms with Crippen LogP contribution in [0.25, 0.3) is 33.1 Å². The maximum atomic E-state index is 13.8. The van der Waals surface area contributed by atoms with E-state index in [-0.39, 0.29) is 79.6 Å². The van der Waals surface area contributed by atoms with Crippen LogP contribution in [0.4, 0.5) is 26.8 Å². The lowest BCUT2D eigenvalue weighted by atomic mass is 9.92. The van der Waals surface area contributed by atoms with Crippen LogP contribution < -0.4 is 28.4 Å². The minimum atomic E-state index is -0.820. The second kappa shape index (κ2) is 21.3. The van der Waals surface area contributed by atoms with E-state index in [1.54, 1.807) is 61.6 Å². The van der Waals surface area contributed by atoms with Crippen molar-refractivity contribution >= 4 is 63.0 Å². The number of nitriles is 1. The third-order valence-electron chi connectivity index (χ3n) is 14.2. The summed E-state index contributed by atoms with van der Waals surface area (Å²) < 4.78 is 32.0. The Kier molecular flexibility index (Phi) is 14.1. The van der Waals surface area contributed by atoms with Crippen molar-refractivity contribution in [2.45, 2.75) is 45.4 Å². The van der Waals surface area contributed by atoms with Gasteiger partial charge in [0.2, 0.25) is 18.4 Å². The Bertz CT molecular complexity index is 3500. The van der Waals surface area contributed by atoms with Crippen LogP contribution in [0.2, 0.25) is 0 Å². The van der Waals surface area contributed by atoms with Crippen molar-refractivity contribution < 1.29 is 52.5 Å². The number of phenolic OH excluding ortho intramolecular Hbond substituents is 1. The van der Waals surface area contributed by atoms with Crippen LogP contribution in [0.5, 0.6) is 28.7 Å². The van der Waals surface area contributed by atoms with Gasteiger partial charge in [-0.15, -0.1) is 0 Å². The number of amides is 3. The molecule has 0 bridgehead atoms. The lowest BCUT2D eigenvalue weighted by Gasteiger charge is -2.42. The molecule has 2 atom stereocenters. The van der Waals surface area contributed by atoms with E-state index in [1.165, 1.54) is 46.0 Å². The number of benzene rings is 4. The maximum absolute atomic E-state index is 13.8. The van der Waals surface area contributed by atoms with Gasteiger partial charge in [0.05, 0.1) is 46.9 Å². The Morgan fingerprint density at radius 2 is 1.68 bits per heavy atom. The summed E-state index contributed by atoms with van der Waals surface area (Å²) in [7, 11) is 6.63. The molecular weight excluding hydrogens is 975 g/mol. The molecule has 4 aromatic carbocycles. The monoisotopic (exact) mass is 1030 g/mol. The van der Waals surface area contributed by atoms with Crippen LogP contribution in [-0.4, -0.2) is 126 Å². The Labute approximate surface area is 436 Å². The lowest BCUT2D eigenvalue weighted by molar-refractivity contribution is -0.686. The fourth-order valence-corrected chi connectivity index (χ4v) is 9.75. The third kappa shape index (κ3) is 10.0. The molecule has 1 fully saturated rings. The van der Waals surface area contributed by atoms with E-state index >= 15 is 0 Å². The molecule has 0 aliphatic carbocycles. The summed E-state index contributed by atoms with van der Waals surface area (Å²) >= 11 is 0. The van der Waals surface area contributed by atoms with Crippen LogP contribution in [0, 0.1) is 17.2 Å². The topological polar surface area (TPSA) is 231 Å². The number of esters is 1. The minimum Gasteiger partial charge on any atom is -0.507 e. The van der Waals surface area contributed by atoms with E-state index in [9.17, 15) is 24.3 Å². The molecule has 7 aromatic rings. The van der Waals surface area contributed by atoms with Gasteiger partial charge in [0, 0.05) is 66.0 Å². The molecule has 0 radical (unpaired) electrons. The van der Waals surface area contributed by atoms with E-state index in [0.29, 0.717) is 64.6 Å². The Morgan fingerprint density at radius 1 is 0.921 bits per heavy atom. The molecular formula is C55H54N11O10+. The number of aromatic hydroxyl groups is 1. The second-order valence-electron chi connectivity index (χ2n) is 18.9. The highest BCUT2D eigenvalue weighted by Gasteiger charge is 2.34. The average molecular weight is 1030 g/mol. The summed E-state index contributed by atoms with van der Waals surface area (Å²) in [6.45, 7) is 4.40. The number of likely N-dealkylation sites (tertiary alicyclic amines) is 1. The van der Waals surface area contributed by atoms with Gasteiger partial charge < -0.3 is 48.4 Å². The molecule has 1 saturated heterocycles. The number of piperidine rings is 1. The molecule has 0 saturated carbocycles. The number of carbonyl (C=O) groups excluding carboxylic acids is 4. The summed E-state index contributed by atoms with van der Waals surface area (Å²) in [6, 6.07) is 24.2. The molecule has 21 nitrogen and oxygen atoms in total. The predicted molar refractivity (Wildman–Crippen MR) is 276 cm³/mol. The fourth-order valence-electron chi connectivity index (χ4n) is 9.75. The number of azo groups is 1. The predicted octanol–water partition coefficient (Wildman–Crippen LogP) is 7.93. The Balaban J connectivity index is 0.726. The summed E-state index contributed by atoms with van der Waals surface area (Å²) in [5.41, 5.74) is 4.92. The number of aromatic nitrogens is 4. The lowest BCUT2D eigenvalue weighted by Crippen LogP contribution is -2.52. The molecule has 6 heterocycles. The fraction of sp³-hybridized carbons (Fsp3) is 0.309. The van der Waals surface area contributed by atoms with Crippen LogP contribution in [-0.2, 0) is 29.1 Å². The number of fused-ring (bicyclic) bond motifs is 6. The van der Waals surface area contributed by atoms with Crippen molar-refractivity contribution in [1.82, 2.24) is 29.2 Å². The number of ether oxygens (including phenoxy) is 5. The van der Waals surface area contributed by atoms with Gasteiger partial charge in [-0.3, -0.25) is 9.36 Å². The molecule has 21 heteroatoms. The van der Waals surface area contributed by atoms with Crippen LogP contribution in [0.1, 0.15) is 41.3 Å². The number of aryl methyl sites for hydroxylation is 2. The van der Waals surface area contributed by atoms with Crippen molar-refractivity contribution in [3.63, 3.8) is 0 Å². The highest BCUT2D eigenvalue weighted by molar-refractivity contribution is 5.99. The van der Waals surface area contributed by atoms with Gasteiger partial charge in [0.25, 0.3) is 0 Å². The molecule has 3 amide bonds. The number of nitrogens with zero attached hydrogens (tertiary/aromatic N) is 11. The molecule has 3 aliphatic rings. The average Bonchev–Trinajstić information content (AvgIpc) is 4.10.